The summed E-state index contributed by atoms with van der Waals surface area (Å²) in [5.74, 6) is -0.469. The molecule has 2 atom stereocenters. The Kier molecular flexibility index (Phi) is 7.28. The van der Waals surface area contributed by atoms with Gasteiger partial charge in [0.25, 0.3) is 0 Å². The van der Waals surface area contributed by atoms with Gasteiger partial charge in [-0.05, 0) is 44.9 Å². The number of carbonyl (C=O) groups excluding carboxylic acids is 3. The van der Waals surface area contributed by atoms with Gasteiger partial charge in [-0.15, -0.1) is 11.3 Å². The number of benzene rings is 1. The molecule has 1 saturated heterocycles. The number of likely N-dealkylation sites (N-methyl/N-ethyl adjacent to an activating group) is 1. The SMILES string of the molecule is CN(C(=O)[C@@H]1CCN1C(=O)C(NCC(=O)OC(C)(C)C)c1ccccc1)c1cc2c(N)nccc2s1. The molecule has 1 unspecified atom stereocenters. The lowest BCUT2D eigenvalue weighted by molar-refractivity contribution is -0.154. The second-order valence-electron chi connectivity index (χ2n) is 9.74. The van der Waals surface area contributed by atoms with Gasteiger partial charge in [0, 0.05) is 29.9 Å². The Balaban J connectivity index is 1.49. The third kappa shape index (κ3) is 5.50. The topological polar surface area (TPSA) is 118 Å². The number of nitrogens with zero attached hydrogens (tertiary/aromatic N) is 3. The predicted octanol–water partition coefficient (Wildman–Crippen LogP) is 3.11. The van der Waals surface area contributed by atoms with E-state index in [1.165, 1.54) is 11.3 Å². The van der Waals surface area contributed by atoms with E-state index in [0.717, 1.165) is 15.1 Å². The van der Waals surface area contributed by atoms with E-state index >= 15 is 0 Å². The molecule has 4 rings (SSSR count). The standard InChI is InChI=1S/C26H31N5O4S/c1-26(2,3)35-21(32)15-29-22(16-8-6-5-7-9-16)25(34)31-13-11-18(31)24(33)30(4)20-14-17-19(36-20)10-12-28-23(17)27/h5-10,12,14,18,22,29H,11,13,15H2,1-4H3,(H2,27,28)/t18-,22?/m0/s1. The van der Waals surface area contributed by atoms with E-state index in [4.69, 9.17) is 10.5 Å². The van der Waals surface area contributed by atoms with E-state index in [9.17, 15) is 14.4 Å². The summed E-state index contributed by atoms with van der Waals surface area (Å²) in [6, 6.07) is 11.5. The molecule has 3 N–H and O–H groups in total. The second-order valence-corrected chi connectivity index (χ2v) is 10.8. The van der Waals surface area contributed by atoms with Crippen molar-refractivity contribution in [3.05, 3.63) is 54.2 Å². The van der Waals surface area contributed by atoms with Gasteiger partial charge in [-0.1, -0.05) is 30.3 Å². The third-order valence-electron chi connectivity index (χ3n) is 5.96. The number of likely N-dealkylation sites (tertiary alicyclic amines) is 1. The van der Waals surface area contributed by atoms with Crippen LogP contribution in [0.1, 0.15) is 38.8 Å². The third-order valence-corrected chi connectivity index (χ3v) is 7.14. The molecule has 1 aromatic carbocycles. The molecular weight excluding hydrogens is 478 g/mol. The molecule has 2 aromatic heterocycles. The fourth-order valence-electron chi connectivity index (χ4n) is 4.10. The van der Waals surface area contributed by atoms with Crippen molar-refractivity contribution in [2.75, 3.05) is 30.8 Å². The van der Waals surface area contributed by atoms with Gasteiger partial charge in [-0.3, -0.25) is 19.7 Å². The van der Waals surface area contributed by atoms with Gasteiger partial charge >= 0.3 is 5.97 Å². The highest BCUT2D eigenvalue weighted by Crippen LogP contribution is 2.35. The molecule has 1 fully saturated rings. The van der Waals surface area contributed by atoms with E-state index in [0.29, 0.717) is 24.3 Å². The highest BCUT2D eigenvalue weighted by molar-refractivity contribution is 7.23. The molecule has 0 bridgehead atoms. The van der Waals surface area contributed by atoms with Crippen molar-refractivity contribution in [1.29, 1.82) is 0 Å². The van der Waals surface area contributed by atoms with Crippen LogP contribution >= 0.6 is 11.3 Å². The summed E-state index contributed by atoms with van der Waals surface area (Å²) in [4.78, 5) is 46.5. The number of nitrogens with two attached hydrogens (primary N) is 1. The van der Waals surface area contributed by atoms with Crippen LogP contribution in [0.25, 0.3) is 10.1 Å². The fourth-order valence-corrected chi connectivity index (χ4v) is 5.13. The fraction of sp³-hybridized carbons (Fsp3) is 0.385. The monoisotopic (exact) mass is 509 g/mol. The van der Waals surface area contributed by atoms with Crippen molar-refractivity contribution in [2.45, 2.75) is 44.9 Å². The quantitative estimate of drug-likeness (QED) is 0.470. The maximum Gasteiger partial charge on any atom is 0.320 e. The van der Waals surface area contributed by atoms with Crippen LogP contribution in [0.5, 0.6) is 0 Å². The van der Waals surface area contributed by atoms with Gasteiger partial charge in [0.15, 0.2) is 0 Å². The number of thiophene rings is 1. The molecule has 1 aliphatic heterocycles. The van der Waals surface area contributed by atoms with Crippen LogP contribution in [-0.2, 0) is 19.1 Å². The number of nitrogen functional groups attached to an aromatic ring is 1. The highest BCUT2D eigenvalue weighted by Gasteiger charge is 2.42. The Labute approximate surface area is 214 Å². The normalized spacial score (nSPS) is 16.3. The summed E-state index contributed by atoms with van der Waals surface area (Å²) in [6.07, 6.45) is 2.21. The second kappa shape index (κ2) is 10.2. The van der Waals surface area contributed by atoms with E-state index in [1.807, 2.05) is 42.5 Å². The Hall–Kier alpha value is -3.50. The molecule has 3 aromatic rings. The lowest BCUT2D eigenvalue weighted by atomic mass is 9.97. The summed E-state index contributed by atoms with van der Waals surface area (Å²) >= 11 is 1.45. The van der Waals surface area contributed by atoms with Crippen molar-refractivity contribution in [2.24, 2.45) is 0 Å². The average molecular weight is 510 g/mol. The zero-order chi connectivity index (χ0) is 26.0. The van der Waals surface area contributed by atoms with Crippen molar-refractivity contribution >= 4 is 50.0 Å². The van der Waals surface area contributed by atoms with Gasteiger partial charge in [0.05, 0.1) is 11.5 Å². The van der Waals surface area contributed by atoms with E-state index in [2.05, 4.69) is 10.3 Å². The Morgan fingerprint density at radius 1 is 1.25 bits per heavy atom. The first-order chi connectivity index (χ1) is 17.0. The molecule has 2 amide bonds. The number of anilines is 2. The van der Waals surface area contributed by atoms with E-state index < -0.39 is 23.7 Å². The van der Waals surface area contributed by atoms with Crippen LogP contribution < -0.4 is 16.0 Å². The van der Waals surface area contributed by atoms with Crippen LogP contribution in [0, 0.1) is 0 Å². The zero-order valence-electron chi connectivity index (χ0n) is 20.9. The molecule has 3 heterocycles. The zero-order valence-corrected chi connectivity index (χ0v) is 21.7. The minimum atomic E-state index is -0.783. The van der Waals surface area contributed by atoms with Crippen molar-refractivity contribution in [3.63, 3.8) is 0 Å². The molecule has 0 spiro atoms. The van der Waals surface area contributed by atoms with Crippen molar-refractivity contribution in [1.82, 2.24) is 15.2 Å². The minimum Gasteiger partial charge on any atom is -0.459 e. The smallest absolute Gasteiger partial charge is 0.320 e. The minimum absolute atomic E-state index is 0.133. The summed E-state index contributed by atoms with van der Waals surface area (Å²) in [7, 11) is 1.70. The molecule has 9 nitrogen and oxygen atoms in total. The first-order valence-corrected chi connectivity index (χ1v) is 12.6. The Morgan fingerprint density at radius 2 is 1.97 bits per heavy atom. The molecule has 10 heteroatoms. The van der Waals surface area contributed by atoms with Crippen molar-refractivity contribution < 1.29 is 19.1 Å². The largest absolute Gasteiger partial charge is 0.459 e. The van der Waals surface area contributed by atoms with Gasteiger partial charge in [-0.25, -0.2) is 4.98 Å². The van der Waals surface area contributed by atoms with E-state index in [-0.39, 0.29) is 18.4 Å². The van der Waals surface area contributed by atoms with Crippen molar-refractivity contribution in [3.8, 4) is 0 Å². The number of hydrogen-bond acceptors (Lipinski definition) is 8. The Morgan fingerprint density at radius 3 is 2.58 bits per heavy atom. The number of esters is 1. The summed E-state index contributed by atoms with van der Waals surface area (Å²) < 4.78 is 6.32. The Bertz CT molecular complexity index is 1270. The molecule has 36 heavy (non-hydrogen) atoms. The first kappa shape index (κ1) is 25.6. The molecule has 0 aliphatic carbocycles. The number of rotatable bonds is 7. The highest BCUT2D eigenvalue weighted by atomic mass is 32.1. The van der Waals surface area contributed by atoms with Crippen LogP contribution in [0.3, 0.4) is 0 Å². The molecule has 1 aliphatic rings. The first-order valence-electron chi connectivity index (χ1n) is 11.8. The number of aromatic nitrogens is 1. The average Bonchev–Trinajstić information content (AvgIpc) is 3.23. The maximum absolute atomic E-state index is 13.6. The lowest BCUT2D eigenvalue weighted by Gasteiger charge is -2.43. The number of fused-ring (bicyclic) bond motifs is 1. The van der Waals surface area contributed by atoms with Gasteiger partial charge in [0.1, 0.15) is 23.5 Å². The number of ether oxygens (including phenoxy) is 1. The predicted molar refractivity (Wildman–Crippen MR) is 141 cm³/mol. The molecule has 0 saturated carbocycles. The number of pyridine rings is 1. The number of nitrogens with one attached hydrogen (secondary N) is 1. The number of hydrogen-bond donors (Lipinski definition) is 2. The van der Waals surface area contributed by atoms with Gasteiger partial charge < -0.3 is 20.3 Å². The lowest BCUT2D eigenvalue weighted by Crippen LogP contribution is -2.60. The van der Waals surface area contributed by atoms with Crippen LogP contribution in [0.15, 0.2) is 48.7 Å². The molecule has 0 radical (unpaired) electrons. The van der Waals surface area contributed by atoms with Gasteiger partial charge in [0.2, 0.25) is 11.8 Å². The van der Waals surface area contributed by atoms with Crippen LogP contribution in [0.2, 0.25) is 0 Å². The maximum atomic E-state index is 13.6. The number of carbonyl (C=O) groups is 3. The van der Waals surface area contributed by atoms with Crippen LogP contribution in [0.4, 0.5) is 10.8 Å². The number of amides is 2. The van der Waals surface area contributed by atoms with Crippen LogP contribution in [-0.4, -0.2) is 59.4 Å². The van der Waals surface area contributed by atoms with E-state index in [1.54, 1.807) is 43.8 Å². The summed E-state index contributed by atoms with van der Waals surface area (Å²) in [6.45, 7) is 5.70. The summed E-state index contributed by atoms with van der Waals surface area (Å²) in [5, 5.41) is 4.58. The molecular formula is C26H31N5O4S. The molecule has 190 valence electrons. The summed E-state index contributed by atoms with van der Waals surface area (Å²) in [5.41, 5.74) is 6.06. The van der Waals surface area contributed by atoms with Gasteiger partial charge in [-0.2, -0.15) is 0 Å².